The zero-order valence-corrected chi connectivity index (χ0v) is 21.7. The molecular weight excluding hydrogens is 492 g/mol. The first-order valence-corrected chi connectivity index (χ1v) is 13.3. The first-order chi connectivity index (χ1) is 15.0. The van der Waals surface area contributed by atoms with E-state index in [-0.39, 0.29) is 42.3 Å². The van der Waals surface area contributed by atoms with Crippen LogP contribution in [0.1, 0.15) is 40.0 Å². The van der Waals surface area contributed by atoms with Gasteiger partial charge in [-0.3, -0.25) is 0 Å². The highest BCUT2D eigenvalue weighted by atomic mass is 32.2. The van der Waals surface area contributed by atoms with Crippen LogP contribution in [0.4, 0.5) is 9.59 Å². The van der Waals surface area contributed by atoms with Crippen LogP contribution in [0.15, 0.2) is 0 Å². The number of nitrogens with one attached hydrogen (secondary N) is 2. The lowest BCUT2D eigenvalue weighted by molar-refractivity contribution is 0.0532. The molecule has 2 amide bonds. The highest BCUT2D eigenvalue weighted by Crippen LogP contribution is 2.45. The smallest absolute Gasteiger partial charge is 0.407 e. The Balaban J connectivity index is 1.43. The summed E-state index contributed by atoms with van der Waals surface area (Å²) in [5.74, 6) is 1.39. The van der Waals surface area contributed by atoms with Crippen molar-refractivity contribution in [3.63, 3.8) is 0 Å². The zero-order valence-electron chi connectivity index (χ0n) is 18.5. The maximum Gasteiger partial charge on any atom is 0.407 e. The molecule has 1 aliphatic carbocycles. The van der Waals surface area contributed by atoms with Gasteiger partial charge in [-0.15, -0.1) is 0 Å². The molecule has 0 aromatic carbocycles. The number of carbonyl (C=O) groups is 2. The Labute approximate surface area is 207 Å². The molecule has 2 N–H and O–H groups in total. The van der Waals surface area contributed by atoms with Crippen molar-refractivity contribution in [3.05, 3.63) is 0 Å². The van der Waals surface area contributed by atoms with Gasteiger partial charge in [-0.2, -0.15) is 0 Å². The number of ether oxygens (including phenoxy) is 4. The van der Waals surface area contributed by atoms with E-state index in [1.54, 1.807) is 0 Å². The van der Waals surface area contributed by atoms with Crippen LogP contribution in [0.2, 0.25) is 0 Å². The van der Waals surface area contributed by atoms with Gasteiger partial charge in [0.05, 0.1) is 0 Å². The van der Waals surface area contributed by atoms with E-state index in [0.29, 0.717) is 26.8 Å². The van der Waals surface area contributed by atoms with Gasteiger partial charge in [-0.1, -0.05) is 44.3 Å². The first kappa shape index (κ1) is 25.6. The summed E-state index contributed by atoms with van der Waals surface area (Å²) in [5.41, 5.74) is -0.198. The Morgan fingerprint density at radius 3 is 2.09 bits per heavy atom. The molecule has 0 aromatic rings. The van der Waals surface area contributed by atoms with Crippen molar-refractivity contribution in [3.8, 4) is 0 Å². The molecule has 32 heavy (non-hydrogen) atoms. The summed E-state index contributed by atoms with van der Waals surface area (Å²) in [5, 5.41) is 5.86. The quantitative estimate of drug-likeness (QED) is 0.480. The fourth-order valence-corrected chi connectivity index (χ4v) is 6.71. The topological polar surface area (TPSA) is 95.1 Å². The molecule has 12 heteroatoms. The van der Waals surface area contributed by atoms with E-state index in [0.717, 1.165) is 19.3 Å². The Hall–Kier alpha value is -0.980. The van der Waals surface area contributed by atoms with Crippen LogP contribution >= 0.6 is 48.0 Å². The second kappa shape index (κ2) is 11.0. The van der Waals surface area contributed by atoms with Crippen LogP contribution in [0.3, 0.4) is 0 Å². The minimum Gasteiger partial charge on any atom is -0.471 e. The van der Waals surface area contributed by atoms with E-state index in [1.165, 1.54) is 23.5 Å². The number of hydrogen-bond acceptors (Lipinski definition) is 10. The Bertz CT molecular complexity index is 752. The molecule has 3 fully saturated rings. The Morgan fingerprint density at radius 1 is 1.00 bits per heavy atom. The van der Waals surface area contributed by atoms with Crippen molar-refractivity contribution < 1.29 is 28.5 Å². The molecular formula is C20H30N2O6S4. The summed E-state index contributed by atoms with van der Waals surface area (Å²) in [7, 11) is 0. The summed E-state index contributed by atoms with van der Waals surface area (Å²) in [4.78, 5) is 24.5. The van der Waals surface area contributed by atoms with E-state index in [2.05, 4.69) is 31.4 Å². The molecule has 3 aliphatic rings. The van der Waals surface area contributed by atoms with Gasteiger partial charge in [0.1, 0.15) is 25.4 Å². The molecule has 4 atom stereocenters. The Kier molecular flexibility index (Phi) is 8.78. The van der Waals surface area contributed by atoms with Crippen molar-refractivity contribution in [1.82, 2.24) is 10.6 Å². The zero-order chi connectivity index (χ0) is 23.4. The van der Waals surface area contributed by atoms with E-state index < -0.39 is 12.2 Å². The predicted molar refractivity (Wildman–Crippen MR) is 133 cm³/mol. The minimum atomic E-state index is -0.475. The highest BCUT2D eigenvalue weighted by molar-refractivity contribution is 8.23. The predicted octanol–water partition coefficient (Wildman–Crippen LogP) is 3.86. The number of thioether (sulfide) groups is 2. The van der Waals surface area contributed by atoms with Gasteiger partial charge in [0, 0.05) is 24.1 Å². The van der Waals surface area contributed by atoms with E-state index >= 15 is 0 Å². The molecule has 0 bridgehead atoms. The molecule has 0 spiro atoms. The number of thiocarbonyl (C=S) groups is 2. The van der Waals surface area contributed by atoms with Crippen LogP contribution < -0.4 is 10.6 Å². The molecule has 0 aromatic heterocycles. The number of alkyl carbamates (subject to hydrolysis) is 2. The molecule has 8 nitrogen and oxygen atoms in total. The summed E-state index contributed by atoms with van der Waals surface area (Å²) in [6, 6.07) is -0.0565. The molecule has 4 unspecified atom stereocenters. The summed E-state index contributed by atoms with van der Waals surface area (Å²) in [6.07, 6.45) is 1.16. The first-order valence-electron chi connectivity index (χ1n) is 10.5. The number of rotatable bonds is 7. The number of amides is 2. The lowest BCUT2D eigenvalue weighted by atomic mass is 9.62. The average Bonchev–Trinajstić information content (AvgIpc) is 3.29. The molecule has 1 saturated carbocycles. The van der Waals surface area contributed by atoms with Gasteiger partial charge in [0.15, 0.2) is 0 Å². The maximum absolute atomic E-state index is 12.3. The van der Waals surface area contributed by atoms with Crippen molar-refractivity contribution >= 4 is 68.9 Å². The van der Waals surface area contributed by atoms with Crippen LogP contribution in [0.25, 0.3) is 0 Å². The lowest BCUT2D eigenvalue weighted by Crippen LogP contribution is -2.50. The van der Waals surface area contributed by atoms with Gasteiger partial charge >= 0.3 is 12.2 Å². The van der Waals surface area contributed by atoms with Crippen molar-refractivity contribution in [2.75, 3.05) is 31.3 Å². The Morgan fingerprint density at radius 2 is 1.56 bits per heavy atom. The van der Waals surface area contributed by atoms with Gasteiger partial charge < -0.3 is 29.6 Å². The second-order valence-corrected chi connectivity index (χ2v) is 12.8. The number of hydrogen-bond donors (Lipinski definition) is 2. The fraction of sp³-hybridized carbons (Fsp3) is 0.800. The molecule has 0 radical (unpaired) electrons. The molecule has 3 rings (SSSR count). The average molecular weight is 523 g/mol. The maximum atomic E-state index is 12.3. The summed E-state index contributed by atoms with van der Waals surface area (Å²) < 4.78 is 22.4. The van der Waals surface area contributed by atoms with Crippen LogP contribution in [0, 0.1) is 10.8 Å². The van der Waals surface area contributed by atoms with Gasteiger partial charge in [-0.25, -0.2) is 9.59 Å². The van der Waals surface area contributed by atoms with Crippen molar-refractivity contribution in [1.29, 1.82) is 0 Å². The fourth-order valence-electron chi connectivity index (χ4n) is 4.65. The number of carbonyl (C=O) groups excluding carboxylic acids is 2. The molecule has 2 heterocycles. The third-order valence-electron chi connectivity index (χ3n) is 5.53. The monoisotopic (exact) mass is 522 g/mol. The summed E-state index contributed by atoms with van der Waals surface area (Å²) >= 11 is 12.9. The minimum absolute atomic E-state index is 0.00146. The van der Waals surface area contributed by atoms with Crippen molar-refractivity contribution in [2.45, 2.75) is 58.3 Å². The second-order valence-electron chi connectivity index (χ2n) is 9.55. The molecule has 2 aliphatic heterocycles. The van der Waals surface area contributed by atoms with E-state index in [1.807, 2.05) is 0 Å². The van der Waals surface area contributed by atoms with Gasteiger partial charge in [0.25, 0.3) is 0 Å². The lowest BCUT2D eigenvalue weighted by Gasteiger charge is -2.46. The van der Waals surface area contributed by atoms with Crippen LogP contribution in [-0.4, -0.2) is 70.5 Å². The molecule has 2 saturated heterocycles. The SMILES string of the molecule is CC1(C)CC(NC(=O)OCC2CSC(=S)O2)CC(C)(CNC(=O)OCC2CSC(=S)O2)C1. The summed E-state index contributed by atoms with van der Waals surface area (Å²) in [6.45, 7) is 7.26. The third-order valence-corrected chi connectivity index (χ3v) is 8.17. The highest BCUT2D eigenvalue weighted by Gasteiger charge is 2.42. The van der Waals surface area contributed by atoms with Crippen molar-refractivity contribution in [2.24, 2.45) is 10.8 Å². The van der Waals surface area contributed by atoms with Crippen LogP contribution in [0.5, 0.6) is 0 Å². The van der Waals surface area contributed by atoms with Gasteiger partial charge in [-0.05, 0) is 54.5 Å². The van der Waals surface area contributed by atoms with Crippen LogP contribution in [-0.2, 0) is 18.9 Å². The molecule has 180 valence electrons. The normalized spacial score (nSPS) is 31.4. The third kappa shape index (κ3) is 8.11. The van der Waals surface area contributed by atoms with Gasteiger partial charge in [0.2, 0.25) is 8.77 Å². The van der Waals surface area contributed by atoms with E-state index in [9.17, 15) is 9.59 Å². The standard InChI is InChI=1S/C20H30N2O6S4/c1-19(2)4-12(22-16(24)26-7-14-9-32-18(30)28-14)5-20(3,10-19)11-21-15(23)25-6-13-8-31-17(29)27-13/h12-14H,4-11H2,1-3H3,(H,21,23)(H,22,24). The largest absolute Gasteiger partial charge is 0.471 e. The van der Waals surface area contributed by atoms with E-state index in [4.69, 9.17) is 43.4 Å².